The van der Waals surface area contributed by atoms with Crippen LogP contribution in [0.3, 0.4) is 0 Å². The minimum Gasteiger partial charge on any atom is -0.481 e. The number of hydrogen-bond acceptors (Lipinski definition) is 1. The second kappa shape index (κ2) is 4.45. The van der Waals surface area contributed by atoms with Crippen LogP contribution < -0.4 is 0 Å². The molecule has 1 atom stereocenters. The standard InChI is InChI=1S/C9H9IO2/c10-8(6-9(11)12)7-4-2-1-3-5-7/h1-5,8H,6H2,(H,11,12). The van der Waals surface area contributed by atoms with Gasteiger partial charge >= 0.3 is 5.97 Å². The summed E-state index contributed by atoms with van der Waals surface area (Å²) in [6.45, 7) is 0. The first kappa shape index (κ1) is 9.51. The van der Waals surface area contributed by atoms with Gasteiger partial charge in [-0.2, -0.15) is 0 Å². The van der Waals surface area contributed by atoms with Gasteiger partial charge in [-0.3, -0.25) is 4.79 Å². The van der Waals surface area contributed by atoms with Crippen molar-refractivity contribution in [2.45, 2.75) is 10.3 Å². The largest absolute Gasteiger partial charge is 0.481 e. The van der Waals surface area contributed by atoms with Gasteiger partial charge in [-0.15, -0.1) is 0 Å². The average molecular weight is 276 g/mol. The molecule has 1 unspecified atom stereocenters. The molecule has 0 saturated carbocycles. The lowest BCUT2D eigenvalue weighted by Crippen LogP contribution is -1.99. The number of benzene rings is 1. The Balaban J connectivity index is 2.65. The van der Waals surface area contributed by atoms with Crippen LogP contribution in [-0.4, -0.2) is 11.1 Å². The molecule has 1 aromatic carbocycles. The summed E-state index contributed by atoms with van der Waals surface area (Å²) in [6, 6.07) is 9.65. The van der Waals surface area contributed by atoms with E-state index >= 15 is 0 Å². The molecule has 0 aliphatic heterocycles. The maximum Gasteiger partial charge on any atom is 0.304 e. The summed E-state index contributed by atoms with van der Waals surface area (Å²) >= 11 is 2.14. The summed E-state index contributed by atoms with van der Waals surface area (Å²) in [5.74, 6) is -0.752. The minimum absolute atomic E-state index is 0.0706. The molecule has 0 saturated heterocycles. The summed E-state index contributed by atoms with van der Waals surface area (Å²) in [5.41, 5.74) is 1.07. The van der Waals surface area contributed by atoms with Crippen LogP contribution in [0.25, 0.3) is 0 Å². The molecule has 2 nitrogen and oxygen atoms in total. The molecule has 1 rings (SSSR count). The van der Waals surface area contributed by atoms with Crippen LogP contribution in [0.5, 0.6) is 0 Å². The van der Waals surface area contributed by atoms with Gasteiger partial charge in [0.2, 0.25) is 0 Å². The maximum absolute atomic E-state index is 10.4. The SMILES string of the molecule is O=C(O)CC(I)c1ccccc1. The number of halogens is 1. The third-order valence-corrected chi connectivity index (χ3v) is 2.67. The Kier molecular flexibility index (Phi) is 3.52. The number of alkyl halides is 1. The van der Waals surface area contributed by atoms with Crippen LogP contribution in [-0.2, 0) is 4.79 Å². The average Bonchev–Trinajstić information content (AvgIpc) is 2.05. The van der Waals surface area contributed by atoms with Gasteiger partial charge in [0.05, 0.1) is 6.42 Å². The number of rotatable bonds is 3. The molecule has 3 heteroatoms. The fourth-order valence-corrected chi connectivity index (χ4v) is 1.72. The lowest BCUT2D eigenvalue weighted by atomic mass is 10.1. The van der Waals surface area contributed by atoms with Gasteiger partial charge in [0.1, 0.15) is 0 Å². The lowest BCUT2D eigenvalue weighted by Gasteiger charge is -2.05. The molecule has 0 heterocycles. The smallest absolute Gasteiger partial charge is 0.304 e. The molecular formula is C9H9IO2. The number of carbonyl (C=O) groups is 1. The van der Waals surface area contributed by atoms with E-state index in [1.807, 2.05) is 30.3 Å². The van der Waals surface area contributed by atoms with E-state index < -0.39 is 5.97 Å². The Labute approximate surface area is 84.7 Å². The first-order chi connectivity index (χ1) is 5.70. The van der Waals surface area contributed by atoms with Crippen LogP contribution >= 0.6 is 22.6 Å². The fraction of sp³-hybridized carbons (Fsp3) is 0.222. The van der Waals surface area contributed by atoms with Gasteiger partial charge < -0.3 is 5.11 Å². The van der Waals surface area contributed by atoms with Crippen LogP contribution in [0.2, 0.25) is 0 Å². The van der Waals surface area contributed by atoms with Crippen molar-refractivity contribution in [1.82, 2.24) is 0 Å². The Bertz CT molecular complexity index is 258. The molecule has 0 spiro atoms. The Morgan fingerprint density at radius 3 is 2.50 bits per heavy atom. The van der Waals surface area contributed by atoms with E-state index in [2.05, 4.69) is 22.6 Å². The molecular weight excluding hydrogens is 267 g/mol. The first-order valence-electron chi connectivity index (χ1n) is 3.61. The monoisotopic (exact) mass is 276 g/mol. The molecule has 0 bridgehead atoms. The van der Waals surface area contributed by atoms with Crippen LogP contribution in [0, 0.1) is 0 Å². The van der Waals surface area contributed by atoms with Crippen LogP contribution in [0.4, 0.5) is 0 Å². The van der Waals surface area contributed by atoms with E-state index in [4.69, 9.17) is 5.11 Å². The summed E-state index contributed by atoms with van der Waals surface area (Å²) in [4.78, 5) is 10.4. The van der Waals surface area contributed by atoms with Gasteiger partial charge in [-0.25, -0.2) is 0 Å². The van der Waals surface area contributed by atoms with Crippen LogP contribution in [0.1, 0.15) is 15.9 Å². The zero-order valence-corrected chi connectivity index (χ0v) is 8.56. The Morgan fingerprint density at radius 1 is 1.42 bits per heavy atom. The molecule has 0 amide bonds. The highest BCUT2D eigenvalue weighted by atomic mass is 127. The second-order valence-corrected chi connectivity index (χ2v) is 3.98. The normalized spacial score (nSPS) is 12.4. The molecule has 64 valence electrons. The van der Waals surface area contributed by atoms with Crippen molar-refractivity contribution < 1.29 is 9.90 Å². The van der Waals surface area contributed by atoms with E-state index in [9.17, 15) is 4.79 Å². The molecule has 0 fully saturated rings. The number of carboxylic acids is 1. The van der Waals surface area contributed by atoms with Crippen molar-refractivity contribution in [1.29, 1.82) is 0 Å². The Morgan fingerprint density at radius 2 is 2.00 bits per heavy atom. The van der Waals surface area contributed by atoms with E-state index in [0.717, 1.165) is 5.56 Å². The highest BCUT2D eigenvalue weighted by Gasteiger charge is 2.10. The number of aliphatic carboxylic acids is 1. The predicted octanol–water partition coefficient (Wildman–Crippen LogP) is 2.64. The summed E-state index contributed by atoms with van der Waals surface area (Å²) in [5, 5.41) is 8.54. The van der Waals surface area contributed by atoms with Crippen molar-refractivity contribution in [2.24, 2.45) is 0 Å². The van der Waals surface area contributed by atoms with Gasteiger partial charge in [-0.1, -0.05) is 52.9 Å². The van der Waals surface area contributed by atoms with E-state index in [-0.39, 0.29) is 10.3 Å². The summed E-state index contributed by atoms with van der Waals surface area (Å²) in [6.07, 6.45) is 0.185. The fourth-order valence-electron chi connectivity index (χ4n) is 0.933. The van der Waals surface area contributed by atoms with Gasteiger partial charge in [0.25, 0.3) is 0 Å². The lowest BCUT2D eigenvalue weighted by molar-refractivity contribution is -0.136. The Hall–Kier alpha value is -0.580. The van der Waals surface area contributed by atoms with Crippen molar-refractivity contribution in [2.75, 3.05) is 0 Å². The highest BCUT2D eigenvalue weighted by Crippen LogP contribution is 2.26. The number of hydrogen-bond donors (Lipinski definition) is 1. The molecule has 0 aliphatic rings. The van der Waals surface area contributed by atoms with Gasteiger partial charge in [0, 0.05) is 3.92 Å². The molecule has 0 aromatic heterocycles. The van der Waals surface area contributed by atoms with Gasteiger partial charge in [-0.05, 0) is 5.56 Å². The third-order valence-electron chi connectivity index (χ3n) is 1.52. The van der Waals surface area contributed by atoms with E-state index in [1.165, 1.54) is 0 Å². The molecule has 1 N–H and O–H groups in total. The van der Waals surface area contributed by atoms with Crippen LogP contribution in [0.15, 0.2) is 30.3 Å². The van der Waals surface area contributed by atoms with Crippen molar-refractivity contribution in [3.63, 3.8) is 0 Å². The third kappa shape index (κ3) is 2.81. The highest BCUT2D eigenvalue weighted by molar-refractivity contribution is 14.1. The maximum atomic E-state index is 10.4. The zero-order valence-electron chi connectivity index (χ0n) is 6.40. The van der Waals surface area contributed by atoms with Crippen molar-refractivity contribution >= 4 is 28.6 Å². The summed E-state index contributed by atoms with van der Waals surface area (Å²) < 4.78 is 0.0706. The quantitative estimate of drug-likeness (QED) is 0.680. The summed E-state index contributed by atoms with van der Waals surface area (Å²) in [7, 11) is 0. The molecule has 12 heavy (non-hydrogen) atoms. The first-order valence-corrected chi connectivity index (χ1v) is 4.85. The topological polar surface area (TPSA) is 37.3 Å². The van der Waals surface area contributed by atoms with Crippen molar-refractivity contribution in [3.8, 4) is 0 Å². The molecule has 0 aliphatic carbocycles. The number of carboxylic acid groups (broad SMARTS) is 1. The molecule has 0 radical (unpaired) electrons. The van der Waals surface area contributed by atoms with Crippen molar-refractivity contribution in [3.05, 3.63) is 35.9 Å². The van der Waals surface area contributed by atoms with E-state index in [0.29, 0.717) is 0 Å². The predicted molar refractivity (Wildman–Crippen MR) is 55.5 cm³/mol. The minimum atomic E-state index is -0.752. The van der Waals surface area contributed by atoms with Gasteiger partial charge in [0.15, 0.2) is 0 Å². The zero-order chi connectivity index (χ0) is 8.97. The molecule has 1 aromatic rings. The van der Waals surface area contributed by atoms with E-state index in [1.54, 1.807) is 0 Å². The second-order valence-electron chi connectivity index (χ2n) is 2.48.